The molecule has 0 atom stereocenters. The predicted octanol–water partition coefficient (Wildman–Crippen LogP) is 2.14. The van der Waals surface area contributed by atoms with Crippen molar-refractivity contribution in [3.05, 3.63) is 43.9 Å². The standard InChI is InChI=1S/C12H9ClN4O3S/c1-6-2-3-8-9(15-11(18)17(8)12(19)20)16(6)5-7-4-14-10(13)21-7/h2-4H,5H2,1H3,(H,19,20). The summed E-state index contributed by atoms with van der Waals surface area (Å²) in [6.07, 6.45) is 0.295. The van der Waals surface area contributed by atoms with Gasteiger partial charge in [0.05, 0.1) is 6.54 Å². The Morgan fingerprint density at radius 1 is 1.48 bits per heavy atom. The number of aryl methyl sites for hydroxylation is 1. The third-order valence-electron chi connectivity index (χ3n) is 3.06. The summed E-state index contributed by atoms with van der Waals surface area (Å²) in [5.74, 6) is 0.326. The Morgan fingerprint density at radius 3 is 2.86 bits per heavy atom. The van der Waals surface area contributed by atoms with Gasteiger partial charge in [-0.1, -0.05) is 11.6 Å². The summed E-state index contributed by atoms with van der Waals surface area (Å²) in [6.45, 7) is 2.27. The van der Waals surface area contributed by atoms with Crippen LogP contribution in [0.4, 0.5) is 4.79 Å². The smallest absolute Gasteiger partial charge is 0.420 e. The normalized spacial score (nSPS) is 11.1. The molecular formula is C12H9ClN4O3S. The van der Waals surface area contributed by atoms with Crippen molar-refractivity contribution in [3.63, 3.8) is 0 Å². The third kappa shape index (κ3) is 2.32. The largest absolute Gasteiger partial charge is 0.464 e. The van der Waals surface area contributed by atoms with E-state index in [1.54, 1.807) is 22.9 Å². The maximum Gasteiger partial charge on any atom is 0.420 e. The topological polar surface area (TPSA) is 90.0 Å². The summed E-state index contributed by atoms with van der Waals surface area (Å²) < 4.78 is 2.82. The molecule has 1 aromatic heterocycles. The molecule has 108 valence electrons. The van der Waals surface area contributed by atoms with Crippen LogP contribution in [0.3, 0.4) is 0 Å². The van der Waals surface area contributed by atoms with Crippen LogP contribution in [0.25, 0.3) is 11.5 Å². The van der Waals surface area contributed by atoms with Crippen molar-refractivity contribution in [3.8, 4) is 11.5 Å². The first-order valence-electron chi connectivity index (χ1n) is 5.90. The molecule has 0 unspecified atom stereocenters. The fourth-order valence-corrected chi connectivity index (χ4v) is 3.07. The van der Waals surface area contributed by atoms with Crippen LogP contribution in [0, 0.1) is 6.92 Å². The second-order valence-corrected chi connectivity index (χ2v) is 6.06. The van der Waals surface area contributed by atoms with E-state index >= 15 is 0 Å². The molecule has 1 N–H and O–H groups in total. The number of carbonyl (C=O) groups is 1. The molecule has 0 saturated carbocycles. The summed E-state index contributed by atoms with van der Waals surface area (Å²) >= 11 is 7.13. The molecule has 21 heavy (non-hydrogen) atoms. The Kier molecular flexibility index (Phi) is 3.26. The van der Waals surface area contributed by atoms with E-state index in [9.17, 15) is 9.59 Å². The monoisotopic (exact) mass is 324 g/mol. The molecular weight excluding hydrogens is 316 g/mol. The highest BCUT2D eigenvalue weighted by atomic mass is 35.5. The van der Waals surface area contributed by atoms with Crippen molar-refractivity contribution < 1.29 is 9.90 Å². The van der Waals surface area contributed by atoms with Crippen molar-refractivity contribution in [1.82, 2.24) is 19.1 Å². The number of pyridine rings is 1. The number of aromatic nitrogens is 4. The molecule has 0 radical (unpaired) electrons. The van der Waals surface area contributed by atoms with Gasteiger partial charge in [-0.3, -0.25) is 0 Å². The quantitative estimate of drug-likeness (QED) is 0.780. The lowest BCUT2D eigenvalue weighted by Crippen LogP contribution is -2.22. The van der Waals surface area contributed by atoms with E-state index in [1.165, 1.54) is 11.3 Å². The third-order valence-corrected chi connectivity index (χ3v) is 4.16. The molecule has 0 saturated heterocycles. The number of fused-ring (bicyclic) bond motifs is 1. The molecule has 2 aliphatic rings. The highest BCUT2D eigenvalue weighted by Gasteiger charge is 2.22. The number of nitrogens with zero attached hydrogens (tertiary/aromatic N) is 4. The van der Waals surface area contributed by atoms with Crippen LogP contribution in [0.2, 0.25) is 4.47 Å². The van der Waals surface area contributed by atoms with Crippen molar-refractivity contribution in [2.24, 2.45) is 0 Å². The molecule has 1 aromatic rings. The van der Waals surface area contributed by atoms with E-state index in [-0.39, 0.29) is 5.69 Å². The zero-order valence-electron chi connectivity index (χ0n) is 10.8. The van der Waals surface area contributed by atoms with Crippen molar-refractivity contribution in [2.45, 2.75) is 13.5 Å². The first kappa shape index (κ1) is 13.8. The van der Waals surface area contributed by atoms with E-state index in [0.717, 1.165) is 10.6 Å². The number of rotatable bonds is 2. The molecule has 3 rings (SSSR count). The lowest BCUT2D eigenvalue weighted by molar-refractivity contribution is 0.196. The highest BCUT2D eigenvalue weighted by molar-refractivity contribution is 7.15. The summed E-state index contributed by atoms with van der Waals surface area (Å²) in [7, 11) is 0. The van der Waals surface area contributed by atoms with E-state index < -0.39 is 11.8 Å². The SMILES string of the molecule is Cc1ccc2n(C(=O)O)c(=O)nc-2n1Cc1cnc(Cl)s1. The lowest BCUT2D eigenvalue weighted by Gasteiger charge is -2.14. The molecule has 2 aliphatic heterocycles. The van der Waals surface area contributed by atoms with Gasteiger partial charge in [-0.05, 0) is 19.1 Å². The predicted molar refractivity (Wildman–Crippen MR) is 77.5 cm³/mol. The zero-order valence-corrected chi connectivity index (χ0v) is 12.4. The minimum atomic E-state index is -1.35. The van der Waals surface area contributed by atoms with Crippen LogP contribution in [-0.2, 0) is 6.54 Å². The average molecular weight is 325 g/mol. The van der Waals surface area contributed by atoms with Crippen LogP contribution in [-0.4, -0.2) is 30.3 Å². The Hall–Kier alpha value is -2.19. The molecule has 0 aromatic carbocycles. The maximum atomic E-state index is 11.7. The average Bonchev–Trinajstić information content (AvgIpc) is 2.96. The molecule has 0 aliphatic carbocycles. The molecule has 0 fully saturated rings. The van der Waals surface area contributed by atoms with Gasteiger partial charge >= 0.3 is 11.8 Å². The van der Waals surface area contributed by atoms with Gasteiger partial charge in [0.25, 0.3) is 0 Å². The van der Waals surface area contributed by atoms with Crippen LogP contribution in [0.5, 0.6) is 0 Å². The first-order valence-corrected chi connectivity index (χ1v) is 7.09. The molecule has 9 heteroatoms. The van der Waals surface area contributed by atoms with E-state index in [4.69, 9.17) is 16.7 Å². The van der Waals surface area contributed by atoms with Gasteiger partial charge in [0, 0.05) is 16.8 Å². The number of carboxylic acid groups (broad SMARTS) is 1. The van der Waals surface area contributed by atoms with Gasteiger partial charge in [0.1, 0.15) is 5.69 Å². The highest BCUT2D eigenvalue weighted by Crippen LogP contribution is 2.24. The van der Waals surface area contributed by atoms with E-state index in [0.29, 0.717) is 21.4 Å². The Balaban J connectivity index is 2.16. The molecule has 7 nitrogen and oxygen atoms in total. The number of halogens is 1. The Labute approximate surface area is 127 Å². The minimum Gasteiger partial charge on any atom is -0.464 e. The summed E-state index contributed by atoms with van der Waals surface area (Å²) in [4.78, 5) is 31.6. The molecule has 0 amide bonds. The number of hydrogen-bond acceptors (Lipinski definition) is 5. The number of imidazole rings is 1. The second kappa shape index (κ2) is 4.97. The van der Waals surface area contributed by atoms with Gasteiger partial charge in [0.2, 0.25) is 0 Å². The maximum absolute atomic E-state index is 11.7. The summed E-state index contributed by atoms with van der Waals surface area (Å²) in [6, 6.07) is 3.31. The van der Waals surface area contributed by atoms with Crippen molar-refractivity contribution >= 4 is 29.0 Å². The molecule has 0 spiro atoms. The van der Waals surface area contributed by atoms with Crippen LogP contribution in [0.1, 0.15) is 10.6 Å². The fourth-order valence-electron chi connectivity index (χ4n) is 2.10. The van der Waals surface area contributed by atoms with Crippen LogP contribution < -0.4 is 5.69 Å². The van der Waals surface area contributed by atoms with Crippen molar-refractivity contribution in [1.29, 1.82) is 0 Å². The fraction of sp³-hybridized carbons (Fsp3) is 0.167. The van der Waals surface area contributed by atoms with Crippen LogP contribution in [0.15, 0.2) is 23.1 Å². The molecule has 0 bridgehead atoms. The van der Waals surface area contributed by atoms with E-state index in [1.807, 2.05) is 6.92 Å². The Morgan fingerprint density at radius 2 is 2.24 bits per heavy atom. The number of hydrogen-bond donors (Lipinski definition) is 1. The van der Waals surface area contributed by atoms with Gasteiger partial charge in [-0.2, -0.15) is 9.55 Å². The van der Waals surface area contributed by atoms with Gasteiger partial charge < -0.3 is 9.67 Å². The van der Waals surface area contributed by atoms with Crippen LogP contribution >= 0.6 is 22.9 Å². The Bertz CT molecular complexity index is 866. The van der Waals surface area contributed by atoms with Gasteiger partial charge in [-0.15, -0.1) is 11.3 Å². The minimum absolute atomic E-state index is 0.258. The van der Waals surface area contributed by atoms with Gasteiger partial charge in [-0.25, -0.2) is 14.6 Å². The van der Waals surface area contributed by atoms with E-state index in [2.05, 4.69) is 9.97 Å². The number of thiazole rings is 1. The second-order valence-electron chi connectivity index (χ2n) is 4.36. The molecule has 3 heterocycles. The zero-order chi connectivity index (χ0) is 15.1. The lowest BCUT2D eigenvalue weighted by atomic mass is 10.2. The summed E-state index contributed by atoms with van der Waals surface area (Å²) in [5, 5.41) is 9.09. The van der Waals surface area contributed by atoms with Crippen molar-refractivity contribution in [2.75, 3.05) is 0 Å². The first-order chi connectivity index (χ1) is 9.97. The van der Waals surface area contributed by atoms with Gasteiger partial charge in [0.15, 0.2) is 10.3 Å². The summed E-state index contributed by atoms with van der Waals surface area (Å²) in [5.41, 5.74) is 0.301.